The summed E-state index contributed by atoms with van der Waals surface area (Å²) >= 11 is 0. The van der Waals surface area contributed by atoms with Gasteiger partial charge in [0.15, 0.2) is 0 Å². The van der Waals surface area contributed by atoms with Crippen molar-refractivity contribution in [1.29, 1.82) is 0 Å². The first-order valence-electron chi connectivity index (χ1n) is 8.42. The Kier molecular flexibility index (Phi) is 8.34. The number of aromatic carboxylic acids is 1. The molecule has 0 bridgehead atoms. The van der Waals surface area contributed by atoms with E-state index in [1.54, 1.807) is 6.92 Å². The highest BCUT2D eigenvalue weighted by atomic mass is 32.2. The van der Waals surface area contributed by atoms with E-state index in [9.17, 15) is 18.3 Å². The van der Waals surface area contributed by atoms with Gasteiger partial charge in [0.1, 0.15) is 0 Å². The number of carboxylic acids is 1. The predicted molar refractivity (Wildman–Crippen MR) is 97.7 cm³/mol. The second kappa shape index (κ2) is 9.74. The molecule has 0 aliphatic rings. The summed E-state index contributed by atoms with van der Waals surface area (Å²) in [5.74, 6) is -1.18. The lowest BCUT2D eigenvalue weighted by Gasteiger charge is -2.15. The van der Waals surface area contributed by atoms with Crippen molar-refractivity contribution in [2.75, 3.05) is 18.5 Å². The van der Waals surface area contributed by atoms with Crippen LogP contribution in [0.2, 0.25) is 0 Å². The molecule has 0 radical (unpaired) electrons. The molecule has 0 fully saturated rings. The molecular formula is C17H28N2O5S. The van der Waals surface area contributed by atoms with E-state index in [2.05, 4.69) is 10.0 Å². The third-order valence-electron chi connectivity index (χ3n) is 3.59. The summed E-state index contributed by atoms with van der Waals surface area (Å²) in [6.45, 7) is 8.62. The lowest BCUT2D eigenvalue weighted by atomic mass is 10.2. The Balaban J connectivity index is 2.87. The molecule has 0 saturated carbocycles. The molecule has 0 heterocycles. The van der Waals surface area contributed by atoms with Gasteiger partial charge in [0, 0.05) is 24.9 Å². The number of rotatable bonds is 11. The summed E-state index contributed by atoms with van der Waals surface area (Å²) < 4.78 is 32.6. The van der Waals surface area contributed by atoms with E-state index < -0.39 is 16.0 Å². The first-order valence-corrected chi connectivity index (χ1v) is 9.90. The van der Waals surface area contributed by atoms with Crippen LogP contribution in [0, 0.1) is 0 Å². The molecule has 1 unspecified atom stereocenters. The van der Waals surface area contributed by atoms with Crippen LogP contribution in [0.1, 0.15) is 50.9 Å². The molecule has 142 valence electrons. The van der Waals surface area contributed by atoms with E-state index in [0.717, 1.165) is 0 Å². The molecule has 0 amide bonds. The zero-order chi connectivity index (χ0) is 19.0. The van der Waals surface area contributed by atoms with Gasteiger partial charge in [-0.2, -0.15) is 0 Å². The molecule has 1 atom stereocenters. The summed E-state index contributed by atoms with van der Waals surface area (Å²) in [4.78, 5) is 11.4. The molecule has 0 saturated heterocycles. The van der Waals surface area contributed by atoms with Gasteiger partial charge in [-0.05, 0) is 51.8 Å². The molecule has 0 aromatic heterocycles. The molecule has 25 heavy (non-hydrogen) atoms. The topological polar surface area (TPSA) is 105 Å². The highest BCUT2D eigenvalue weighted by Gasteiger charge is 2.20. The average Bonchev–Trinajstić information content (AvgIpc) is 2.53. The van der Waals surface area contributed by atoms with E-state index >= 15 is 0 Å². The van der Waals surface area contributed by atoms with Crippen LogP contribution >= 0.6 is 0 Å². The van der Waals surface area contributed by atoms with Gasteiger partial charge in [-0.3, -0.25) is 0 Å². The summed E-state index contributed by atoms with van der Waals surface area (Å²) in [5.41, 5.74) is 0.316. The lowest BCUT2D eigenvalue weighted by Crippen LogP contribution is -2.32. The number of sulfonamides is 1. The fourth-order valence-corrected chi connectivity index (χ4v) is 3.40. The van der Waals surface area contributed by atoms with Gasteiger partial charge in [0.2, 0.25) is 10.0 Å². The van der Waals surface area contributed by atoms with Crippen LogP contribution in [0.25, 0.3) is 0 Å². The van der Waals surface area contributed by atoms with Crippen LogP contribution in [0.4, 0.5) is 5.69 Å². The standard InChI is InChI=1S/C17H28N2O5S/c1-5-13(4)19-25(22,23)14-7-8-16(15(11-14)17(20)21)18-9-6-10-24-12(2)3/h7-8,11-13,18-19H,5-6,9-10H2,1-4H3,(H,20,21). The molecule has 0 spiro atoms. The van der Waals surface area contributed by atoms with E-state index in [4.69, 9.17) is 4.74 Å². The zero-order valence-electron chi connectivity index (χ0n) is 15.2. The minimum atomic E-state index is -3.74. The first kappa shape index (κ1) is 21.4. The van der Waals surface area contributed by atoms with Gasteiger partial charge in [0.05, 0.1) is 16.6 Å². The number of anilines is 1. The minimum absolute atomic E-state index is 0.0566. The normalized spacial score (nSPS) is 13.0. The largest absolute Gasteiger partial charge is 0.478 e. The van der Waals surface area contributed by atoms with Crippen LogP contribution < -0.4 is 10.0 Å². The monoisotopic (exact) mass is 372 g/mol. The van der Waals surface area contributed by atoms with Crippen molar-refractivity contribution in [3.63, 3.8) is 0 Å². The fraction of sp³-hybridized carbons (Fsp3) is 0.588. The highest BCUT2D eigenvalue weighted by Crippen LogP contribution is 2.21. The maximum Gasteiger partial charge on any atom is 0.337 e. The van der Waals surface area contributed by atoms with Crippen LogP contribution in [-0.2, 0) is 14.8 Å². The van der Waals surface area contributed by atoms with Crippen molar-refractivity contribution in [3.8, 4) is 0 Å². The molecule has 0 aliphatic heterocycles. The number of ether oxygens (including phenoxy) is 1. The smallest absolute Gasteiger partial charge is 0.337 e. The van der Waals surface area contributed by atoms with Crippen LogP contribution in [0.3, 0.4) is 0 Å². The van der Waals surface area contributed by atoms with Crippen LogP contribution in [0.15, 0.2) is 23.1 Å². The van der Waals surface area contributed by atoms with Crippen LogP contribution in [-0.4, -0.2) is 44.8 Å². The molecule has 7 nitrogen and oxygen atoms in total. The summed E-state index contributed by atoms with van der Waals surface area (Å²) in [6.07, 6.45) is 1.51. The Morgan fingerprint density at radius 2 is 1.96 bits per heavy atom. The maximum absolute atomic E-state index is 12.3. The van der Waals surface area contributed by atoms with Crippen molar-refractivity contribution >= 4 is 21.7 Å². The van der Waals surface area contributed by atoms with E-state index in [0.29, 0.717) is 31.7 Å². The van der Waals surface area contributed by atoms with Crippen molar-refractivity contribution in [2.45, 2.75) is 57.6 Å². The Morgan fingerprint density at radius 1 is 1.28 bits per heavy atom. The third kappa shape index (κ3) is 7.01. The highest BCUT2D eigenvalue weighted by molar-refractivity contribution is 7.89. The summed E-state index contributed by atoms with van der Waals surface area (Å²) in [5, 5.41) is 12.4. The Labute approximate surface area is 149 Å². The summed E-state index contributed by atoms with van der Waals surface area (Å²) in [7, 11) is -3.74. The molecule has 0 aliphatic carbocycles. The zero-order valence-corrected chi connectivity index (χ0v) is 16.0. The van der Waals surface area contributed by atoms with Crippen molar-refractivity contribution in [1.82, 2.24) is 4.72 Å². The van der Waals surface area contributed by atoms with E-state index in [-0.39, 0.29) is 22.6 Å². The van der Waals surface area contributed by atoms with Crippen LogP contribution in [0.5, 0.6) is 0 Å². The van der Waals surface area contributed by atoms with Gasteiger partial charge in [0.25, 0.3) is 0 Å². The van der Waals surface area contributed by atoms with Crippen molar-refractivity contribution in [3.05, 3.63) is 23.8 Å². The number of hydrogen-bond acceptors (Lipinski definition) is 5. The number of nitrogens with one attached hydrogen (secondary N) is 2. The first-order chi connectivity index (χ1) is 11.7. The Bertz CT molecular complexity index is 674. The van der Waals surface area contributed by atoms with Crippen molar-refractivity contribution in [2.24, 2.45) is 0 Å². The lowest BCUT2D eigenvalue weighted by molar-refractivity contribution is 0.0697. The summed E-state index contributed by atoms with van der Waals surface area (Å²) in [6, 6.07) is 3.85. The van der Waals surface area contributed by atoms with Crippen molar-refractivity contribution < 1.29 is 23.1 Å². The van der Waals surface area contributed by atoms with Gasteiger partial charge < -0.3 is 15.2 Å². The number of carbonyl (C=O) groups is 1. The Hall–Kier alpha value is -1.64. The molecule has 1 aromatic carbocycles. The number of hydrogen-bond donors (Lipinski definition) is 3. The fourth-order valence-electron chi connectivity index (χ4n) is 2.05. The van der Waals surface area contributed by atoms with Gasteiger partial charge in [-0.1, -0.05) is 6.92 Å². The van der Waals surface area contributed by atoms with E-state index in [1.807, 2.05) is 20.8 Å². The number of carboxylic acid groups (broad SMARTS) is 1. The molecule has 1 aromatic rings. The second-order valence-corrected chi connectivity index (χ2v) is 7.86. The number of benzene rings is 1. The quantitative estimate of drug-likeness (QED) is 0.516. The molecule has 1 rings (SSSR count). The molecule has 8 heteroatoms. The predicted octanol–water partition coefficient (Wildman–Crippen LogP) is 2.69. The van der Waals surface area contributed by atoms with Gasteiger partial charge in [-0.15, -0.1) is 0 Å². The Morgan fingerprint density at radius 3 is 2.52 bits per heavy atom. The maximum atomic E-state index is 12.3. The van der Waals surface area contributed by atoms with E-state index in [1.165, 1.54) is 18.2 Å². The minimum Gasteiger partial charge on any atom is -0.478 e. The third-order valence-corrected chi connectivity index (χ3v) is 5.18. The second-order valence-electron chi connectivity index (χ2n) is 6.14. The van der Waals surface area contributed by atoms with Gasteiger partial charge in [-0.25, -0.2) is 17.9 Å². The molecular weight excluding hydrogens is 344 g/mol. The SMILES string of the molecule is CCC(C)NS(=O)(=O)c1ccc(NCCCOC(C)C)c(C(=O)O)c1. The average molecular weight is 372 g/mol. The van der Waals surface area contributed by atoms with Gasteiger partial charge >= 0.3 is 5.97 Å². The molecule has 3 N–H and O–H groups in total.